The van der Waals surface area contributed by atoms with Crippen LogP contribution in [0.5, 0.6) is 0 Å². The molecule has 0 bridgehead atoms. The van der Waals surface area contributed by atoms with Gasteiger partial charge in [0.1, 0.15) is 5.82 Å². The number of anilines is 3. The summed E-state index contributed by atoms with van der Waals surface area (Å²) in [6, 6.07) is 10.3. The number of halogens is 1. The lowest BCUT2D eigenvalue weighted by atomic mass is 10.0. The molecule has 2 N–H and O–H groups in total. The van der Waals surface area contributed by atoms with Crippen LogP contribution in [0.15, 0.2) is 36.4 Å². The van der Waals surface area contributed by atoms with Gasteiger partial charge in [-0.1, -0.05) is 31.5 Å². The molecule has 30 heavy (non-hydrogen) atoms. The highest BCUT2D eigenvalue weighted by Crippen LogP contribution is 2.37. The van der Waals surface area contributed by atoms with Crippen LogP contribution in [0.1, 0.15) is 33.4 Å². The molecule has 0 saturated heterocycles. The van der Waals surface area contributed by atoms with Gasteiger partial charge in [-0.15, -0.1) is 0 Å². The van der Waals surface area contributed by atoms with E-state index in [1.165, 1.54) is 0 Å². The predicted molar refractivity (Wildman–Crippen MR) is 120 cm³/mol. The lowest BCUT2D eigenvalue weighted by Crippen LogP contribution is -2.50. The van der Waals surface area contributed by atoms with E-state index >= 15 is 0 Å². The molecule has 1 aromatic heterocycles. The SMILES string of the molecule is CNC(C)C(=O)Nc1ccc2c(n1)CN(C(C)C(C)C)C(=O)N2c1cccc(Cl)c1. The van der Waals surface area contributed by atoms with E-state index in [0.29, 0.717) is 28.8 Å². The minimum atomic E-state index is -0.343. The second kappa shape index (κ2) is 9.02. The number of rotatable bonds is 6. The topological polar surface area (TPSA) is 77.6 Å². The smallest absolute Gasteiger partial charge is 0.315 e. The Bertz CT molecular complexity index is 949. The van der Waals surface area contributed by atoms with Crippen LogP contribution in [0.2, 0.25) is 5.02 Å². The van der Waals surface area contributed by atoms with E-state index in [2.05, 4.69) is 29.5 Å². The van der Waals surface area contributed by atoms with Crippen LogP contribution < -0.4 is 15.5 Å². The summed E-state index contributed by atoms with van der Waals surface area (Å²) in [5.74, 6) is 0.561. The van der Waals surface area contributed by atoms with E-state index in [1.807, 2.05) is 30.0 Å². The number of nitrogens with zero attached hydrogens (tertiary/aromatic N) is 3. The van der Waals surface area contributed by atoms with Crippen LogP contribution in [-0.2, 0) is 11.3 Å². The van der Waals surface area contributed by atoms with E-state index < -0.39 is 0 Å². The Hall–Kier alpha value is -2.64. The molecule has 1 aliphatic rings. The molecule has 160 valence electrons. The molecule has 0 aliphatic carbocycles. The molecule has 2 unspecified atom stereocenters. The number of hydrogen-bond acceptors (Lipinski definition) is 4. The molecule has 8 heteroatoms. The number of hydrogen-bond donors (Lipinski definition) is 2. The lowest BCUT2D eigenvalue weighted by molar-refractivity contribution is -0.117. The van der Waals surface area contributed by atoms with Gasteiger partial charge in [-0.05, 0) is 57.1 Å². The van der Waals surface area contributed by atoms with Gasteiger partial charge < -0.3 is 15.5 Å². The van der Waals surface area contributed by atoms with Gasteiger partial charge in [-0.2, -0.15) is 0 Å². The molecule has 3 amide bonds. The fourth-order valence-corrected chi connectivity index (χ4v) is 3.44. The number of carbonyl (C=O) groups excluding carboxylic acids is 2. The van der Waals surface area contributed by atoms with Gasteiger partial charge in [0, 0.05) is 11.1 Å². The molecule has 3 rings (SSSR count). The van der Waals surface area contributed by atoms with E-state index in [-0.39, 0.29) is 29.9 Å². The normalized spacial score (nSPS) is 15.8. The van der Waals surface area contributed by atoms with Gasteiger partial charge in [0.05, 0.1) is 29.7 Å². The van der Waals surface area contributed by atoms with Crippen LogP contribution in [-0.4, -0.2) is 41.0 Å². The third-order valence-electron chi connectivity index (χ3n) is 5.55. The summed E-state index contributed by atoms with van der Waals surface area (Å²) in [6.07, 6.45) is 0. The largest absolute Gasteiger partial charge is 0.329 e. The number of benzene rings is 1. The molecule has 2 atom stereocenters. The summed E-state index contributed by atoms with van der Waals surface area (Å²) >= 11 is 6.19. The average molecular weight is 430 g/mol. The number of urea groups is 1. The number of fused-ring (bicyclic) bond motifs is 1. The Kier molecular flexibility index (Phi) is 6.63. The third kappa shape index (κ3) is 4.42. The molecule has 0 spiro atoms. The Morgan fingerprint density at radius 1 is 1.17 bits per heavy atom. The summed E-state index contributed by atoms with van der Waals surface area (Å²) in [7, 11) is 1.73. The van der Waals surface area contributed by atoms with Gasteiger partial charge >= 0.3 is 6.03 Å². The maximum atomic E-state index is 13.4. The Morgan fingerprint density at radius 3 is 2.53 bits per heavy atom. The summed E-state index contributed by atoms with van der Waals surface area (Å²) < 4.78 is 0. The van der Waals surface area contributed by atoms with E-state index in [9.17, 15) is 9.59 Å². The van der Waals surface area contributed by atoms with Crippen molar-refractivity contribution in [1.29, 1.82) is 0 Å². The van der Waals surface area contributed by atoms with Crippen molar-refractivity contribution in [2.45, 2.75) is 46.3 Å². The zero-order valence-corrected chi connectivity index (χ0v) is 18.7. The van der Waals surface area contributed by atoms with Gasteiger partial charge in [-0.25, -0.2) is 9.78 Å². The first-order valence-electron chi connectivity index (χ1n) is 10.1. The minimum Gasteiger partial charge on any atom is -0.315 e. The lowest BCUT2D eigenvalue weighted by Gasteiger charge is -2.40. The first-order valence-corrected chi connectivity index (χ1v) is 10.4. The molecule has 0 fully saturated rings. The van der Waals surface area contributed by atoms with E-state index in [1.54, 1.807) is 37.1 Å². The maximum Gasteiger partial charge on any atom is 0.329 e. The van der Waals surface area contributed by atoms with Crippen molar-refractivity contribution in [1.82, 2.24) is 15.2 Å². The molecular formula is C22H28ClN5O2. The van der Waals surface area contributed by atoms with Crippen LogP contribution >= 0.6 is 11.6 Å². The highest BCUT2D eigenvalue weighted by Gasteiger charge is 2.36. The van der Waals surface area contributed by atoms with E-state index in [4.69, 9.17) is 11.6 Å². The van der Waals surface area contributed by atoms with Crippen molar-refractivity contribution < 1.29 is 9.59 Å². The van der Waals surface area contributed by atoms with Gasteiger partial charge in [-0.3, -0.25) is 9.69 Å². The first-order chi connectivity index (χ1) is 14.2. The summed E-state index contributed by atoms with van der Waals surface area (Å²) in [5.41, 5.74) is 2.09. The van der Waals surface area contributed by atoms with Crippen LogP contribution in [0, 0.1) is 5.92 Å². The zero-order chi connectivity index (χ0) is 22.0. The molecule has 2 heterocycles. The number of nitrogens with one attached hydrogen (secondary N) is 2. The molecular weight excluding hydrogens is 402 g/mol. The molecule has 1 aliphatic heterocycles. The highest BCUT2D eigenvalue weighted by atomic mass is 35.5. The summed E-state index contributed by atoms with van der Waals surface area (Å²) in [4.78, 5) is 33.8. The van der Waals surface area contributed by atoms with Crippen LogP contribution in [0.3, 0.4) is 0 Å². The number of carbonyl (C=O) groups is 2. The van der Waals surface area contributed by atoms with Crippen LogP contribution in [0.4, 0.5) is 22.0 Å². The monoisotopic (exact) mass is 429 g/mol. The highest BCUT2D eigenvalue weighted by molar-refractivity contribution is 6.31. The van der Waals surface area contributed by atoms with Gasteiger partial charge in [0.15, 0.2) is 0 Å². The minimum absolute atomic E-state index is 0.0108. The van der Waals surface area contributed by atoms with Gasteiger partial charge in [0.2, 0.25) is 5.91 Å². The standard InChI is InChI=1S/C22H28ClN5O2/c1-13(2)15(4)27-12-18-19(9-10-20(25-18)26-21(29)14(3)24-5)28(22(27)30)17-8-6-7-16(23)11-17/h6-11,13-15,24H,12H2,1-5H3,(H,25,26,29). The summed E-state index contributed by atoms with van der Waals surface area (Å²) in [5, 5.41) is 6.29. The molecule has 0 radical (unpaired) electrons. The van der Waals surface area contributed by atoms with Crippen molar-refractivity contribution in [3.63, 3.8) is 0 Å². The maximum absolute atomic E-state index is 13.4. The fraction of sp³-hybridized carbons (Fsp3) is 0.409. The molecule has 7 nitrogen and oxygen atoms in total. The van der Waals surface area contributed by atoms with Crippen molar-refractivity contribution >= 4 is 40.7 Å². The predicted octanol–water partition coefficient (Wildman–Crippen LogP) is 4.40. The molecule has 2 aromatic rings. The number of likely N-dealkylation sites (N-methyl/N-ethyl adjacent to an activating group) is 1. The molecule has 0 saturated carbocycles. The van der Waals surface area contributed by atoms with Crippen molar-refractivity contribution in [3.8, 4) is 0 Å². The van der Waals surface area contributed by atoms with E-state index in [0.717, 1.165) is 5.69 Å². The van der Waals surface area contributed by atoms with Crippen molar-refractivity contribution in [2.24, 2.45) is 5.92 Å². The molecule has 1 aromatic carbocycles. The van der Waals surface area contributed by atoms with Crippen molar-refractivity contribution in [2.75, 3.05) is 17.3 Å². The summed E-state index contributed by atoms with van der Waals surface area (Å²) in [6.45, 7) is 8.35. The Labute approximate surface area is 182 Å². The number of aromatic nitrogens is 1. The second-order valence-electron chi connectivity index (χ2n) is 7.87. The zero-order valence-electron chi connectivity index (χ0n) is 17.9. The number of amides is 3. The first kappa shape index (κ1) is 22.1. The Balaban J connectivity index is 2.04. The Morgan fingerprint density at radius 2 is 1.90 bits per heavy atom. The van der Waals surface area contributed by atoms with Crippen molar-refractivity contribution in [3.05, 3.63) is 47.1 Å². The van der Waals surface area contributed by atoms with Crippen LogP contribution in [0.25, 0.3) is 0 Å². The third-order valence-corrected chi connectivity index (χ3v) is 5.78. The van der Waals surface area contributed by atoms with Gasteiger partial charge in [0.25, 0.3) is 0 Å². The quantitative estimate of drug-likeness (QED) is 0.713. The fourth-order valence-electron chi connectivity index (χ4n) is 3.25. The average Bonchev–Trinajstić information content (AvgIpc) is 2.72. The second-order valence-corrected chi connectivity index (χ2v) is 8.31. The number of pyridine rings is 1.